The maximum atomic E-state index is 13.2. The Morgan fingerprint density at radius 3 is 2.42 bits per heavy atom. The summed E-state index contributed by atoms with van der Waals surface area (Å²) in [6.07, 6.45) is 1.64. The standard InChI is InChI=1S/C28H27NO4/c1-19-15-20(2)26-24(16-19)25(30)18-28(33-26)11-13-29(14-12-28)27(31)21-7-6-10-23(17-21)32-22-8-4-3-5-9-22/h3-10,15-17H,11-14,18H2,1-2H3. The van der Waals surface area contributed by atoms with E-state index in [1.807, 2.05) is 79.4 Å². The number of amides is 1. The topological polar surface area (TPSA) is 55.8 Å². The molecule has 0 atom stereocenters. The van der Waals surface area contributed by atoms with Gasteiger partial charge in [0.15, 0.2) is 5.78 Å². The van der Waals surface area contributed by atoms with Gasteiger partial charge in [-0.2, -0.15) is 0 Å². The molecule has 3 aromatic carbocycles. The van der Waals surface area contributed by atoms with Crippen LogP contribution in [-0.4, -0.2) is 35.3 Å². The van der Waals surface area contributed by atoms with Crippen molar-refractivity contribution in [2.75, 3.05) is 13.1 Å². The van der Waals surface area contributed by atoms with Gasteiger partial charge in [0.25, 0.3) is 5.91 Å². The predicted molar refractivity (Wildman–Crippen MR) is 126 cm³/mol. The number of likely N-dealkylation sites (tertiary alicyclic amines) is 1. The van der Waals surface area contributed by atoms with Crippen molar-refractivity contribution in [1.29, 1.82) is 0 Å². The van der Waals surface area contributed by atoms with Gasteiger partial charge in [0, 0.05) is 31.5 Å². The molecule has 3 aromatic rings. The van der Waals surface area contributed by atoms with Gasteiger partial charge >= 0.3 is 0 Å². The lowest BCUT2D eigenvalue weighted by atomic mass is 9.81. The zero-order valence-electron chi connectivity index (χ0n) is 19.0. The molecule has 0 saturated carbocycles. The van der Waals surface area contributed by atoms with E-state index in [2.05, 4.69) is 0 Å². The molecule has 0 bridgehead atoms. The van der Waals surface area contributed by atoms with Crippen molar-refractivity contribution < 1.29 is 19.1 Å². The normalized spacial score (nSPS) is 16.8. The summed E-state index contributed by atoms with van der Waals surface area (Å²) in [5, 5.41) is 0. The number of rotatable bonds is 3. The van der Waals surface area contributed by atoms with Gasteiger partial charge in [-0.15, -0.1) is 0 Å². The second-order valence-corrected chi connectivity index (χ2v) is 9.08. The average Bonchev–Trinajstić information content (AvgIpc) is 2.81. The van der Waals surface area contributed by atoms with Crippen molar-refractivity contribution in [3.8, 4) is 17.2 Å². The van der Waals surface area contributed by atoms with E-state index in [-0.39, 0.29) is 11.7 Å². The van der Waals surface area contributed by atoms with Gasteiger partial charge in [0.05, 0.1) is 12.0 Å². The zero-order valence-corrected chi connectivity index (χ0v) is 19.0. The molecule has 0 aromatic heterocycles. The number of Topliss-reactive ketones (excluding diaryl/α,β-unsaturated/α-hetero) is 1. The lowest BCUT2D eigenvalue weighted by Gasteiger charge is -2.44. The van der Waals surface area contributed by atoms with Gasteiger partial charge in [-0.3, -0.25) is 9.59 Å². The first kappa shape index (κ1) is 21.3. The van der Waals surface area contributed by atoms with E-state index >= 15 is 0 Å². The van der Waals surface area contributed by atoms with E-state index in [0.717, 1.165) is 16.9 Å². The number of ether oxygens (including phenoxy) is 2. The van der Waals surface area contributed by atoms with Crippen LogP contribution in [0.2, 0.25) is 0 Å². The third kappa shape index (κ3) is 4.23. The van der Waals surface area contributed by atoms with Crippen molar-refractivity contribution >= 4 is 11.7 Å². The van der Waals surface area contributed by atoms with Gasteiger partial charge < -0.3 is 14.4 Å². The molecule has 5 nitrogen and oxygen atoms in total. The van der Waals surface area contributed by atoms with Crippen molar-refractivity contribution in [2.45, 2.75) is 38.7 Å². The lowest BCUT2D eigenvalue weighted by Crippen LogP contribution is -2.52. The smallest absolute Gasteiger partial charge is 0.253 e. The molecule has 0 N–H and O–H groups in total. The molecule has 0 unspecified atom stereocenters. The van der Waals surface area contributed by atoms with E-state index in [9.17, 15) is 9.59 Å². The number of ketones is 1. The minimum absolute atomic E-state index is 0.0299. The minimum Gasteiger partial charge on any atom is -0.486 e. The molecule has 1 saturated heterocycles. The van der Waals surface area contributed by atoms with Gasteiger partial charge in [0.2, 0.25) is 0 Å². The Labute approximate surface area is 193 Å². The van der Waals surface area contributed by atoms with E-state index < -0.39 is 5.60 Å². The third-order valence-electron chi connectivity index (χ3n) is 6.54. The molecule has 1 fully saturated rings. The highest BCUT2D eigenvalue weighted by atomic mass is 16.5. The molecule has 168 valence electrons. The quantitative estimate of drug-likeness (QED) is 0.520. The van der Waals surface area contributed by atoms with Crippen molar-refractivity contribution in [3.05, 3.63) is 89.0 Å². The average molecular weight is 442 g/mol. The Kier molecular flexibility index (Phi) is 5.41. The fourth-order valence-electron chi connectivity index (χ4n) is 4.83. The summed E-state index contributed by atoms with van der Waals surface area (Å²) in [6, 6.07) is 20.8. The van der Waals surface area contributed by atoms with Crippen LogP contribution in [0.5, 0.6) is 17.2 Å². The Balaban J connectivity index is 1.28. The van der Waals surface area contributed by atoms with Crippen molar-refractivity contribution in [3.63, 3.8) is 0 Å². The minimum atomic E-state index is -0.529. The summed E-state index contributed by atoms with van der Waals surface area (Å²) < 4.78 is 12.3. The molecular formula is C28H27NO4. The van der Waals surface area contributed by atoms with E-state index in [1.165, 1.54) is 0 Å². The maximum Gasteiger partial charge on any atom is 0.253 e. The van der Waals surface area contributed by atoms with Crippen molar-refractivity contribution in [2.24, 2.45) is 0 Å². The van der Waals surface area contributed by atoms with Gasteiger partial charge in [-0.1, -0.05) is 30.3 Å². The summed E-state index contributed by atoms with van der Waals surface area (Å²) in [4.78, 5) is 28.0. The van der Waals surface area contributed by atoms with Crippen LogP contribution >= 0.6 is 0 Å². The molecule has 0 aliphatic carbocycles. The van der Waals surface area contributed by atoms with Crippen LogP contribution in [0, 0.1) is 13.8 Å². The number of hydrogen-bond donors (Lipinski definition) is 0. The van der Waals surface area contributed by atoms with Crippen LogP contribution in [-0.2, 0) is 0 Å². The largest absolute Gasteiger partial charge is 0.486 e. The van der Waals surface area contributed by atoms with Crippen LogP contribution in [0.3, 0.4) is 0 Å². The summed E-state index contributed by atoms with van der Waals surface area (Å²) in [6.45, 7) is 5.09. The van der Waals surface area contributed by atoms with Crippen LogP contribution in [0.15, 0.2) is 66.7 Å². The Bertz CT molecular complexity index is 1210. The van der Waals surface area contributed by atoms with Gasteiger partial charge in [-0.05, 0) is 61.4 Å². The summed E-state index contributed by atoms with van der Waals surface area (Å²) >= 11 is 0. The summed E-state index contributed by atoms with van der Waals surface area (Å²) in [5.41, 5.74) is 2.81. The van der Waals surface area contributed by atoms with Crippen molar-refractivity contribution in [1.82, 2.24) is 4.90 Å². The number of carbonyl (C=O) groups excluding carboxylic acids is 2. The SMILES string of the molecule is Cc1cc(C)c2c(c1)C(=O)CC1(CCN(C(=O)c3cccc(Oc4ccccc4)c3)CC1)O2. The predicted octanol–water partition coefficient (Wildman–Crippen LogP) is 5.74. The third-order valence-corrected chi connectivity index (χ3v) is 6.54. The van der Waals surface area contributed by atoms with Crippen LogP contribution in [0.1, 0.15) is 51.1 Å². The molecular weight excluding hydrogens is 414 g/mol. The highest BCUT2D eigenvalue weighted by molar-refractivity contribution is 6.01. The fraction of sp³-hybridized carbons (Fsp3) is 0.286. The number of piperidine rings is 1. The number of fused-ring (bicyclic) bond motifs is 1. The number of hydrogen-bond acceptors (Lipinski definition) is 4. The second kappa shape index (κ2) is 8.39. The van der Waals surface area contributed by atoms with E-state index in [1.54, 1.807) is 6.07 Å². The molecule has 33 heavy (non-hydrogen) atoms. The number of carbonyl (C=O) groups is 2. The Morgan fingerprint density at radius 2 is 1.67 bits per heavy atom. The highest BCUT2D eigenvalue weighted by Crippen LogP contribution is 2.41. The Morgan fingerprint density at radius 1 is 0.939 bits per heavy atom. The second-order valence-electron chi connectivity index (χ2n) is 9.08. The Hall–Kier alpha value is -3.60. The zero-order chi connectivity index (χ0) is 23.0. The molecule has 5 rings (SSSR count). The fourth-order valence-corrected chi connectivity index (χ4v) is 4.83. The first-order valence-electron chi connectivity index (χ1n) is 11.4. The molecule has 0 radical (unpaired) electrons. The molecule has 2 aliphatic heterocycles. The molecule has 1 spiro atoms. The molecule has 2 aliphatic rings. The van der Waals surface area contributed by atoms with E-state index in [0.29, 0.717) is 55.0 Å². The maximum absolute atomic E-state index is 13.2. The number of para-hydroxylation sites is 1. The molecule has 5 heteroatoms. The monoisotopic (exact) mass is 441 g/mol. The number of benzene rings is 3. The number of nitrogens with zero attached hydrogens (tertiary/aromatic N) is 1. The van der Waals surface area contributed by atoms with E-state index in [4.69, 9.17) is 9.47 Å². The molecule has 2 heterocycles. The van der Waals surface area contributed by atoms with Crippen LogP contribution in [0.4, 0.5) is 0 Å². The highest BCUT2D eigenvalue weighted by Gasteiger charge is 2.44. The van der Waals surface area contributed by atoms with Crippen LogP contribution in [0.25, 0.3) is 0 Å². The van der Waals surface area contributed by atoms with Crippen LogP contribution < -0.4 is 9.47 Å². The summed E-state index contributed by atoms with van der Waals surface area (Å²) in [7, 11) is 0. The van der Waals surface area contributed by atoms with Gasteiger partial charge in [0.1, 0.15) is 22.8 Å². The molecule has 1 amide bonds. The number of aryl methyl sites for hydroxylation is 2. The van der Waals surface area contributed by atoms with Gasteiger partial charge in [-0.25, -0.2) is 0 Å². The summed E-state index contributed by atoms with van der Waals surface area (Å²) in [5.74, 6) is 2.17. The first-order chi connectivity index (χ1) is 15.9. The first-order valence-corrected chi connectivity index (χ1v) is 11.4. The lowest BCUT2D eigenvalue weighted by molar-refractivity contribution is -0.00620.